The van der Waals surface area contributed by atoms with E-state index in [-0.39, 0.29) is 17.9 Å². The quantitative estimate of drug-likeness (QED) is 0.622. The van der Waals surface area contributed by atoms with Crippen LogP contribution in [0.5, 0.6) is 5.75 Å². The third-order valence-electron chi connectivity index (χ3n) is 2.11. The van der Waals surface area contributed by atoms with E-state index in [2.05, 4.69) is 4.98 Å². The number of para-hydroxylation sites is 1. The Hall–Kier alpha value is -1.81. The molecule has 0 amide bonds. The molecule has 2 aromatic rings. The van der Waals surface area contributed by atoms with Crippen LogP contribution in [0.4, 0.5) is 0 Å². The van der Waals surface area contributed by atoms with E-state index in [1.165, 1.54) is 12.1 Å². The summed E-state index contributed by atoms with van der Waals surface area (Å²) in [4.78, 5) is 13.7. The number of hydrogen-bond acceptors (Lipinski definition) is 3. The molecular weight excluding hydrogens is 182 g/mol. The molecule has 1 aromatic heterocycles. The smallest absolute Gasteiger partial charge is 0.248 e. The maximum atomic E-state index is 11.1. The summed E-state index contributed by atoms with van der Waals surface area (Å²) in [7, 11) is 0. The highest BCUT2D eigenvalue weighted by atomic mass is 16.3. The van der Waals surface area contributed by atoms with Crippen molar-refractivity contribution in [2.75, 3.05) is 0 Å². The number of aliphatic hydroxyl groups excluding tert-OH is 1. The molecule has 2 rings (SSSR count). The van der Waals surface area contributed by atoms with Gasteiger partial charge in [-0.2, -0.15) is 0 Å². The van der Waals surface area contributed by atoms with Gasteiger partial charge in [-0.1, -0.05) is 12.1 Å². The number of nitrogens with one attached hydrogen (secondary N) is 1. The van der Waals surface area contributed by atoms with E-state index in [1.54, 1.807) is 12.1 Å². The van der Waals surface area contributed by atoms with Crippen LogP contribution in [0.3, 0.4) is 0 Å². The number of aromatic amines is 1. The van der Waals surface area contributed by atoms with E-state index >= 15 is 0 Å². The molecule has 0 bridgehead atoms. The number of aromatic hydroxyl groups is 1. The van der Waals surface area contributed by atoms with Crippen LogP contribution in [0.15, 0.2) is 29.1 Å². The summed E-state index contributed by atoms with van der Waals surface area (Å²) in [6.45, 7) is -0.218. The molecule has 0 saturated carbocycles. The van der Waals surface area contributed by atoms with Crippen molar-refractivity contribution < 1.29 is 10.2 Å². The number of H-pyrrole nitrogens is 1. The minimum Gasteiger partial charge on any atom is -0.506 e. The summed E-state index contributed by atoms with van der Waals surface area (Å²) in [6, 6.07) is 6.20. The average molecular weight is 191 g/mol. The average Bonchev–Trinajstić information content (AvgIpc) is 2.18. The van der Waals surface area contributed by atoms with Crippen molar-refractivity contribution in [3.8, 4) is 5.75 Å². The Bertz CT molecular complexity index is 530. The lowest BCUT2D eigenvalue weighted by Crippen LogP contribution is -2.06. The molecule has 1 aromatic carbocycles. The van der Waals surface area contributed by atoms with Crippen LogP contribution in [0.25, 0.3) is 10.9 Å². The molecule has 0 radical (unpaired) electrons. The summed E-state index contributed by atoms with van der Waals surface area (Å²) < 4.78 is 0. The predicted octanol–water partition coefficient (Wildman–Crippen LogP) is 0.726. The monoisotopic (exact) mass is 191 g/mol. The summed E-state index contributed by atoms with van der Waals surface area (Å²) in [5, 5.41) is 19.1. The van der Waals surface area contributed by atoms with Gasteiger partial charge in [0.1, 0.15) is 5.75 Å². The van der Waals surface area contributed by atoms with Crippen LogP contribution in [-0.2, 0) is 6.61 Å². The summed E-state index contributed by atoms with van der Waals surface area (Å²) in [5.41, 5.74) is 0.548. The maximum Gasteiger partial charge on any atom is 0.248 e. The fraction of sp³-hybridized carbons (Fsp3) is 0.100. The molecule has 0 aliphatic carbocycles. The van der Waals surface area contributed by atoms with Gasteiger partial charge in [-0.15, -0.1) is 0 Å². The number of aliphatic hydroxyl groups is 1. The lowest BCUT2D eigenvalue weighted by atomic mass is 10.1. The van der Waals surface area contributed by atoms with Crippen molar-refractivity contribution in [3.05, 3.63) is 40.2 Å². The second-order valence-electron chi connectivity index (χ2n) is 3.02. The molecule has 1 heterocycles. The fourth-order valence-corrected chi connectivity index (χ4v) is 1.47. The third kappa shape index (κ3) is 1.25. The Morgan fingerprint density at radius 3 is 2.86 bits per heavy atom. The highest BCUT2D eigenvalue weighted by Crippen LogP contribution is 2.23. The van der Waals surface area contributed by atoms with Crippen molar-refractivity contribution in [1.29, 1.82) is 0 Å². The minimum absolute atomic E-state index is 0.00917. The topological polar surface area (TPSA) is 73.3 Å². The molecule has 72 valence electrons. The summed E-state index contributed by atoms with van der Waals surface area (Å²) in [5.74, 6) is 0.00917. The van der Waals surface area contributed by atoms with Gasteiger partial charge in [0.15, 0.2) is 0 Å². The van der Waals surface area contributed by atoms with Crippen LogP contribution in [-0.4, -0.2) is 15.2 Å². The SMILES string of the molecule is O=c1cc(CO)c2cccc(O)c2[nH]1. The van der Waals surface area contributed by atoms with Gasteiger partial charge in [-0.05, 0) is 11.6 Å². The van der Waals surface area contributed by atoms with Gasteiger partial charge in [0.25, 0.3) is 0 Å². The number of phenolic OH excluding ortho intramolecular Hbond substituents is 1. The van der Waals surface area contributed by atoms with E-state index in [4.69, 9.17) is 5.11 Å². The molecule has 0 aliphatic rings. The first kappa shape index (κ1) is 8.77. The zero-order valence-electron chi connectivity index (χ0n) is 7.32. The number of benzene rings is 1. The Balaban J connectivity index is 2.94. The maximum absolute atomic E-state index is 11.1. The molecule has 0 saturated heterocycles. The van der Waals surface area contributed by atoms with Crippen LogP contribution in [0.1, 0.15) is 5.56 Å². The van der Waals surface area contributed by atoms with E-state index in [1.807, 2.05) is 0 Å². The van der Waals surface area contributed by atoms with Crippen molar-refractivity contribution >= 4 is 10.9 Å². The lowest BCUT2D eigenvalue weighted by Gasteiger charge is -2.04. The van der Waals surface area contributed by atoms with Crippen molar-refractivity contribution in [2.45, 2.75) is 6.61 Å². The van der Waals surface area contributed by atoms with Crippen LogP contribution >= 0.6 is 0 Å². The Morgan fingerprint density at radius 2 is 2.14 bits per heavy atom. The van der Waals surface area contributed by atoms with E-state index in [9.17, 15) is 9.90 Å². The van der Waals surface area contributed by atoms with Gasteiger partial charge in [-0.3, -0.25) is 4.79 Å². The summed E-state index contributed by atoms with van der Waals surface area (Å²) in [6.07, 6.45) is 0. The standard InChI is InChI=1S/C10H9NO3/c12-5-6-4-9(14)11-10-7(6)2-1-3-8(10)13/h1-4,12-13H,5H2,(H,11,14). The first-order valence-electron chi connectivity index (χ1n) is 4.17. The fourth-order valence-electron chi connectivity index (χ4n) is 1.47. The largest absolute Gasteiger partial charge is 0.506 e. The molecule has 0 fully saturated rings. The molecule has 14 heavy (non-hydrogen) atoms. The number of hydrogen-bond donors (Lipinski definition) is 3. The number of rotatable bonds is 1. The number of aromatic nitrogens is 1. The Kier molecular flexibility index (Phi) is 1.98. The van der Waals surface area contributed by atoms with E-state index in [0.717, 1.165) is 0 Å². The number of fused-ring (bicyclic) bond motifs is 1. The Morgan fingerprint density at radius 1 is 1.36 bits per heavy atom. The zero-order valence-corrected chi connectivity index (χ0v) is 7.32. The van der Waals surface area contributed by atoms with Gasteiger partial charge in [0.05, 0.1) is 12.1 Å². The number of pyridine rings is 1. The first-order chi connectivity index (χ1) is 6.72. The Labute approximate surface area is 79.4 Å². The van der Waals surface area contributed by atoms with Gasteiger partial charge in [-0.25, -0.2) is 0 Å². The second kappa shape index (κ2) is 3.16. The molecule has 0 unspecified atom stereocenters. The van der Waals surface area contributed by atoms with Crippen LogP contribution in [0, 0.1) is 0 Å². The molecule has 3 N–H and O–H groups in total. The highest BCUT2D eigenvalue weighted by molar-refractivity contribution is 5.86. The highest BCUT2D eigenvalue weighted by Gasteiger charge is 2.04. The van der Waals surface area contributed by atoms with Crippen molar-refractivity contribution in [1.82, 2.24) is 4.98 Å². The van der Waals surface area contributed by atoms with E-state index < -0.39 is 0 Å². The first-order valence-corrected chi connectivity index (χ1v) is 4.17. The molecule has 4 nitrogen and oxygen atoms in total. The van der Waals surface area contributed by atoms with Crippen molar-refractivity contribution in [2.24, 2.45) is 0 Å². The molecular formula is C10H9NO3. The molecule has 0 atom stereocenters. The van der Waals surface area contributed by atoms with Gasteiger partial charge in [0, 0.05) is 11.5 Å². The van der Waals surface area contributed by atoms with Gasteiger partial charge in [0.2, 0.25) is 5.56 Å². The molecule has 0 spiro atoms. The van der Waals surface area contributed by atoms with Gasteiger partial charge < -0.3 is 15.2 Å². The minimum atomic E-state index is -0.331. The number of phenols is 1. The molecule has 0 aliphatic heterocycles. The van der Waals surface area contributed by atoms with Crippen LogP contribution in [0.2, 0.25) is 0 Å². The third-order valence-corrected chi connectivity index (χ3v) is 2.11. The van der Waals surface area contributed by atoms with Crippen LogP contribution < -0.4 is 5.56 Å². The van der Waals surface area contributed by atoms with E-state index in [0.29, 0.717) is 16.5 Å². The summed E-state index contributed by atoms with van der Waals surface area (Å²) >= 11 is 0. The predicted molar refractivity (Wildman–Crippen MR) is 52.2 cm³/mol. The zero-order chi connectivity index (χ0) is 10.1. The van der Waals surface area contributed by atoms with Gasteiger partial charge >= 0.3 is 0 Å². The molecule has 4 heteroatoms. The lowest BCUT2D eigenvalue weighted by molar-refractivity contribution is 0.283. The normalized spacial score (nSPS) is 10.6. The second-order valence-corrected chi connectivity index (χ2v) is 3.02. The van der Waals surface area contributed by atoms with Crippen molar-refractivity contribution in [3.63, 3.8) is 0 Å².